The average Bonchev–Trinajstić information content (AvgIpc) is 2.66. The third kappa shape index (κ3) is 10.1. The van der Waals surface area contributed by atoms with E-state index in [1.165, 1.54) is 58.3 Å². The van der Waals surface area contributed by atoms with Gasteiger partial charge in [0.15, 0.2) is 0 Å². The second kappa shape index (κ2) is 14.4. The Morgan fingerprint density at radius 1 is 1.00 bits per heavy atom. The van der Waals surface area contributed by atoms with Gasteiger partial charge in [-0.25, -0.2) is 0 Å². The highest BCUT2D eigenvalue weighted by Gasteiger charge is 2.19. The number of carbonyl (C=O) groups is 2. The number of rotatable bonds is 15. The van der Waals surface area contributed by atoms with Gasteiger partial charge in [0.25, 0.3) is 0 Å². The fourth-order valence-electron chi connectivity index (χ4n) is 2.92. The molecule has 0 spiro atoms. The van der Waals surface area contributed by atoms with Crippen LogP contribution in [0.25, 0.3) is 0 Å². The number of ether oxygens (including phenoxy) is 1. The molecule has 1 rings (SSSR count). The van der Waals surface area contributed by atoms with Crippen molar-refractivity contribution in [1.29, 1.82) is 0 Å². The number of unbranched alkanes of at least 4 members (excludes halogenated alkanes) is 9. The van der Waals surface area contributed by atoms with E-state index in [1.807, 2.05) is 0 Å². The van der Waals surface area contributed by atoms with E-state index in [9.17, 15) is 9.59 Å². The van der Waals surface area contributed by atoms with Gasteiger partial charge in [-0.1, -0.05) is 76.3 Å². The van der Waals surface area contributed by atoms with Gasteiger partial charge in [-0.2, -0.15) is 0 Å². The molecule has 1 N–H and O–H groups in total. The van der Waals surface area contributed by atoms with Gasteiger partial charge >= 0.3 is 0 Å². The predicted octanol–water partition coefficient (Wildman–Crippen LogP) is 6.80. The first-order valence-corrected chi connectivity index (χ1v) is 11.1. The van der Waals surface area contributed by atoms with Crippen molar-refractivity contribution in [1.82, 2.24) is 0 Å². The van der Waals surface area contributed by atoms with Crippen molar-refractivity contribution < 1.29 is 14.3 Å². The van der Waals surface area contributed by atoms with Crippen molar-refractivity contribution in [3.8, 4) is 5.75 Å². The monoisotopic (exact) mass is 409 g/mol. The minimum atomic E-state index is -0.700. The molecule has 1 atom stereocenters. The van der Waals surface area contributed by atoms with Crippen molar-refractivity contribution in [2.45, 2.75) is 85.0 Å². The quantitative estimate of drug-likeness (QED) is 0.256. The van der Waals surface area contributed by atoms with Crippen molar-refractivity contribution >= 4 is 29.0 Å². The summed E-state index contributed by atoms with van der Waals surface area (Å²) < 4.78 is 5.85. The van der Waals surface area contributed by atoms with Crippen LogP contribution in [0.1, 0.15) is 85.0 Å². The van der Waals surface area contributed by atoms with E-state index in [-0.39, 0.29) is 11.7 Å². The van der Waals surface area contributed by atoms with E-state index >= 15 is 0 Å². The molecule has 5 heteroatoms. The molecule has 0 heterocycles. The first-order chi connectivity index (χ1) is 13.5. The van der Waals surface area contributed by atoms with Crippen LogP contribution in [0.4, 0.5) is 5.69 Å². The fourth-order valence-corrected chi connectivity index (χ4v) is 3.10. The standard InChI is InChI=1S/C23H36ClNO3/c1-4-5-6-7-8-9-10-11-12-13-16-28-22-15-14-20(24)17-21(22)25-23(27)18(2)19(3)26/h14-15,17-18H,4-13,16H2,1-3H3,(H,25,27). The number of hydrogen-bond donors (Lipinski definition) is 1. The molecule has 0 aliphatic rings. The van der Waals surface area contributed by atoms with Crippen LogP contribution in [0.15, 0.2) is 18.2 Å². The van der Waals surface area contributed by atoms with Crippen molar-refractivity contribution in [3.05, 3.63) is 23.2 Å². The second-order valence-corrected chi connectivity index (χ2v) is 7.93. The van der Waals surface area contributed by atoms with Gasteiger partial charge in [0.05, 0.1) is 18.2 Å². The molecule has 0 fully saturated rings. The first-order valence-electron chi connectivity index (χ1n) is 10.7. The number of anilines is 1. The summed E-state index contributed by atoms with van der Waals surface area (Å²) in [5.41, 5.74) is 0.512. The average molecular weight is 410 g/mol. The third-order valence-electron chi connectivity index (χ3n) is 4.96. The zero-order chi connectivity index (χ0) is 20.8. The van der Waals surface area contributed by atoms with Crippen LogP contribution in [0.2, 0.25) is 5.02 Å². The highest BCUT2D eigenvalue weighted by atomic mass is 35.5. The van der Waals surface area contributed by atoms with Crippen molar-refractivity contribution in [2.75, 3.05) is 11.9 Å². The molecule has 0 radical (unpaired) electrons. The van der Waals surface area contributed by atoms with Crippen LogP contribution in [0, 0.1) is 5.92 Å². The molecule has 28 heavy (non-hydrogen) atoms. The minimum Gasteiger partial charge on any atom is -0.491 e. The predicted molar refractivity (Wildman–Crippen MR) is 117 cm³/mol. The first kappa shape index (κ1) is 24.5. The van der Waals surface area contributed by atoms with Crippen molar-refractivity contribution in [3.63, 3.8) is 0 Å². The topological polar surface area (TPSA) is 55.4 Å². The Bertz CT molecular complexity index is 604. The Hall–Kier alpha value is -1.55. The van der Waals surface area contributed by atoms with Crippen LogP contribution >= 0.6 is 11.6 Å². The highest BCUT2D eigenvalue weighted by Crippen LogP contribution is 2.29. The van der Waals surface area contributed by atoms with Crippen LogP contribution in [0.5, 0.6) is 5.75 Å². The maximum absolute atomic E-state index is 12.1. The lowest BCUT2D eigenvalue weighted by molar-refractivity contribution is -0.129. The van der Waals surface area contributed by atoms with Gasteiger partial charge in [0.1, 0.15) is 11.5 Å². The van der Waals surface area contributed by atoms with E-state index in [0.29, 0.717) is 23.1 Å². The summed E-state index contributed by atoms with van der Waals surface area (Å²) in [6.45, 7) is 5.84. The lowest BCUT2D eigenvalue weighted by atomic mass is 10.1. The molecular weight excluding hydrogens is 374 g/mol. The SMILES string of the molecule is CCCCCCCCCCCCOc1ccc(Cl)cc1NC(=O)C(C)C(C)=O. The molecule has 1 unspecified atom stereocenters. The Morgan fingerprint density at radius 3 is 2.14 bits per heavy atom. The van der Waals surface area contributed by atoms with E-state index in [0.717, 1.165) is 12.8 Å². The molecule has 4 nitrogen and oxygen atoms in total. The van der Waals surface area contributed by atoms with E-state index < -0.39 is 5.92 Å². The van der Waals surface area contributed by atoms with E-state index in [4.69, 9.17) is 16.3 Å². The second-order valence-electron chi connectivity index (χ2n) is 7.49. The van der Waals surface area contributed by atoms with Gasteiger partial charge in [-0.15, -0.1) is 0 Å². The number of nitrogens with one attached hydrogen (secondary N) is 1. The lowest BCUT2D eigenvalue weighted by Crippen LogP contribution is -2.25. The van der Waals surface area contributed by atoms with Gasteiger partial charge < -0.3 is 10.1 Å². The number of hydrogen-bond acceptors (Lipinski definition) is 3. The maximum atomic E-state index is 12.1. The highest BCUT2D eigenvalue weighted by molar-refractivity contribution is 6.31. The Balaban J connectivity index is 2.31. The summed E-state index contributed by atoms with van der Waals surface area (Å²) in [5.74, 6) is -0.635. The summed E-state index contributed by atoms with van der Waals surface area (Å²) in [4.78, 5) is 23.5. The number of amides is 1. The van der Waals surface area contributed by atoms with Gasteiger partial charge in [-0.05, 0) is 38.5 Å². The summed E-state index contributed by atoms with van der Waals surface area (Å²) >= 11 is 6.04. The van der Waals surface area contributed by atoms with Gasteiger partial charge in [0.2, 0.25) is 5.91 Å². The van der Waals surface area contributed by atoms with Crippen LogP contribution in [-0.4, -0.2) is 18.3 Å². The molecule has 1 amide bonds. The summed E-state index contributed by atoms with van der Waals surface area (Å²) in [6, 6.07) is 5.15. The number of carbonyl (C=O) groups excluding carboxylic acids is 2. The molecule has 0 saturated carbocycles. The third-order valence-corrected chi connectivity index (χ3v) is 5.19. The van der Waals surface area contributed by atoms with Gasteiger partial charge in [-0.3, -0.25) is 9.59 Å². The number of ketones is 1. The molecule has 0 aliphatic heterocycles. The molecule has 0 saturated heterocycles. The Labute approximate surface area is 175 Å². The van der Waals surface area contributed by atoms with E-state index in [2.05, 4.69) is 12.2 Å². The van der Waals surface area contributed by atoms with Crippen LogP contribution in [-0.2, 0) is 9.59 Å². The summed E-state index contributed by atoms with van der Waals surface area (Å²) in [7, 11) is 0. The number of benzene rings is 1. The molecule has 1 aromatic carbocycles. The molecule has 0 aliphatic carbocycles. The minimum absolute atomic E-state index is 0.174. The number of halogens is 1. The van der Waals surface area contributed by atoms with E-state index in [1.54, 1.807) is 25.1 Å². The largest absolute Gasteiger partial charge is 0.491 e. The Morgan fingerprint density at radius 2 is 1.57 bits per heavy atom. The molecule has 158 valence electrons. The van der Waals surface area contributed by atoms with Crippen LogP contribution in [0.3, 0.4) is 0 Å². The fraction of sp³-hybridized carbons (Fsp3) is 0.652. The molecule has 0 bridgehead atoms. The molecule has 0 aromatic heterocycles. The normalized spacial score (nSPS) is 11.9. The maximum Gasteiger partial charge on any atom is 0.234 e. The zero-order valence-electron chi connectivity index (χ0n) is 17.7. The summed E-state index contributed by atoms with van der Waals surface area (Å²) in [6.07, 6.45) is 12.7. The van der Waals surface area contributed by atoms with Crippen LogP contribution < -0.4 is 10.1 Å². The van der Waals surface area contributed by atoms with Gasteiger partial charge in [0, 0.05) is 5.02 Å². The smallest absolute Gasteiger partial charge is 0.234 e. The summed E-state index contributed by atoms with van der Waals surface area (Å²) in [5, 5.41) is 3.26. The number of Topliss-reactive ketones (excluding diaryl/α,β-unsaturated/α-hetero) is 1. The molecular formula is C23H36ClNO3. The lowest BCUT2D eigenvalue weighted by Gasteiger charge is -2.14. The van der Waals surface area contributed by atoms with Crippen molar-refractivity contribution in [2.24, 2.45) is 5.92 Å². The molecule has 1 aromatic rings. The zero-order valence-corrected chi connectivity index (χ0v) is 18.4. The Kier molecular flexibility index (Phi) is 12.6.